The number of ether oxygens (including phenoxy) is 2. The quantitative estimate of drug-likeness (QED) is 0.897. The van der Waals surface area contributed by atoms with Crippen molar-refractivity contribution in [1.82, 2.24) is 14.9 Å². The van der Waals surface area contributed by atoms with Crippen molar-refractivity contribution >= 4 is 23.6 Å². The predicted molar refractivity (Wildman–Crippen MR) is 93.7 cm³/mol. The van der Waals surface area contributed by atoms with E-state index in [1.165, 1.54) is 4.90 Å². The molecule has 1 aromatic carbocycles. The average Bonchev–Trinajstić information content (AvgIpc) is 2.97. The first-order valence-electron chi connectivity index (χ1n) is 7.90. The Morgan fingerprint density at radius 1 is 1.28 bits per heavy atom. The lowest BCUT2D eigenvalue weighted by atomic mass is 10.1. The third-order valence-electron chi connectivity index (χ3n) is 3.91. The second kappa shape index (κ2) is 6.76. The summed E-state index contributed by atoms with van der Waals surface area (Å²) in [6.07, 6.45) is -0.400. The van der Waals surface area contributed by atoms with Crippen LogP contribution in [0.15, 0.2) is 12.1 Å². The van der Waals surface area contributed by atoms with Gasteiger partial charge in [-0.05, 0) is 44.0 Å². The van der Waals surface area contributed by atoms with Gasteiger partial charge in [-0.3, -0.25) is 4.90 Å². The highest BCUT2D eigenvalue weighted by Crippen LogP contribution is 2.34. The minimum absolute atomic E-state index is 0.0990. The largest absolute Gasteiger partial charge is 0.450 e. The van der Waals surface area contributed by atoms with Crippen molar-refractivity contribution in [1.29, 1.82) is 0 Å². The minimum atomic E-state index is -0.400. The fourth-order valence-electron chi connectivity index (χ4n) is 2.75. The monoisotopic (exact) mass is 362 g/mol. The number of aryl methyl sites for hydroxylation is 2. The number of hydrogen-bond acceptors (Lipinski definition) is 6. The topological polar surface area (TPSA) is 90.6 Å². The molecule has 25 heavy (non-hydrogen) atoms. The molecule has 2 N–H and O–H groups in total. The Balaban J connectivity index is 1.91. The molecule has 1 aromatic heterocycles. The van der Waals surface area contributed by atoms with E-state index in [9.17, 15) is 4.79 Å². The third kappa shape index (κ3) is 3.46. The first-order chi connectivity index (χ1) is 11.9. The maximum absolute atomic E-state index is 12.0. The summed E-state index contributed by atoms with van der Waals surface area (Å²) in [5, 5.41) is 0.702. The number of carbonyl (C=O) groups excluding carboxylic acids is 1. The Morgan fingerprint density at radius 3 is 2.60 bits per heavy atom. The molecule has 0 spiro atoms. The van der Waals surface area contributed by atoms with Crippen molar-refractivity contribution in [3.05, 3.63) is 39.5 Å². The molecule has 0 radical (unpaired) electrons. The highest BCUT2D eigenvalue weighted by Gasteiger charge is 2.30. The summed E-state index contributed by atoms with van der Waals surface area (Å²) in [5.74, 6) is 1.05. The molecule has 2 aromatic rings. The highest BCUT2D eigenvalue weighted by molar-refractivity contribution is 6.32. The van der Waals surface area contributed by atoms with Crippen LogP contribution in [0.3, 0.4) is 0 Å². The van der Waals surface area contributed by atoms with Crippen molar-refractivity contribution in [2.24, 2.45) is 0 Å². The van der Waals surface area contributed by atoms with Crippen molar-refractivity contribution < 1.29 is 14.3 Å². The van der Waals surface area contributed by atoms with Gasteiger partial charge in [0.2, 0.25) is 11.8 Å². The number of halogens is 1. The van der Waals surface area contributed by atoms with E-state index in [1.54, 1.807) is 6.92 Å². The number of aromatic nitrogens is 2. The van der Waals surface area contributed by atoms with E-state index in [0.29, 0.717) is 42.0 Å². The lowest BCUT2D eigenvalue weighted by Gasteiger charge is -2.14. The van der Waals surface area contributed by atoms with Crippen LogP contribution in [0.2, 0.25) is 5.02 Å². The van der Waals surface area contributed by atoms with E-state index in [0.717, 1.165) is 16.7 Å². The Labute approximate surface area is 150 Å². The third-order valence-corrected chi connectivity index (χ3v) is 4.51. The van der Waals surface area contributed by atoms with Gasteiger partial charge < -0.3 is 15.2 Å². The number of amides is 1. The molecule has 1 amide bonds. The van der Waals surface area contributed by atoms with E-state index in [4.69, 9.17) is 26.8 Å². The number of rotatable bonds is 3. The summed E-state index contributed by atoms with van der Waals surface area (Å²) in [6, 6.07) is 3.66. The number of anilines is 1. The second-order valence-corrected chi connectivity index (χ2v) is 6.22. The van der Waals surface area contributed by atoms with Crippen molar-refractivity contribution in [3.63, 3.8) is 0 Å². The molecule has 8 heteroatoms. The average molecular weight is 363 g/mol. The van der Waals surface area contributed by atoms with Crippen LogP contribution in [0.4, 0.5) is 10.7 Å². The van der Waals surface area contributed by atoms with Crippen LogP contribution in [0.25, 0.3) is 0 Å². The van der Waals surface area contributed by atoms with Gasteiger partial charge in [-0.25, -0.2) is 9.78 Å². The zero-order chi connectivity index (χ0) is 18.1. The molecular weight excluding hydrogens is 344 g/mol. The molecule has 132 valence electrons. The molecule has 3 rings (SSSR count). The van der Waals surface area contributed by atoms with E-state index in [2.05, 4.69) is 9.97 Å². The maximum atomic E-state index is 12.0. The van der Waals surface area contributed by atoms with Gasteiger partial charge in [0.15, 0.2) is 0 Å². The fraction of sp³-hybridized carbons (Fsp3) is 0.353. The van der Waals surface area contributed by atoms with Gasteiger partial charge >= 0.3 is 6.09 Å². The molecule has 0 saturated heterocycles. The summed E-state index contributed by atoms with van der Waals surface area (Å²) in [7, 11) is 0. The lowest BCUT2D eigenvalue weighted by molar-refractivity contribution is 0.106. The Bertz CT molecular complexity index is 818. The molecule has 0 unspecified atom stereocenters. The summed E-state index contributed by atoms with van der Waals surface area (Å²) >= 11 is 6.20. The molecule has 0 bridgehead atoms. The van der Waals surface area contributed by atoms with Gasteiger partial charge in [-0.2, -0.15) is 4.98 Å². The summed E-state index contributed by atoms with van der Waals surface area (Å²) in [4.78, 5) is 21.9. The Hall–Kier alpha value is -2.54. The predicted octanol–water partition coefficient (Wildman–Crippen LogP) is 3.59. The van der Waals surface area contributed by atoms with Gasteiger partial charge in [0, 0.05) is 5.02 Å². The minimum Gasteiger partial charge on any atom is -0.450 e. The number of carbonyl (C=O) groups is 1. The summed E-state index contributed by atoms with van der Waals surface area (Å²) in [5.41, 5.74) is 9.00. The molecule has 0 fully saturated rings. The zero-order valence-corrected chi connectivity index (χ0v) is 15.1. The molecule has 0 saturated carbocycles. The maximum Gasteiger partial charge on any atom is 0.410 e. The van der Waals surface area contributed by atoms with Crippen LogP contribution in [0, 0.1) is 13.8 Å². The Kier molecular flexibility index (Phi) is 4.67. The number of hydrogen-bond donors (Lipinski definition) is 1. The van der Waals surface area contributed by atoms with Crippen molar-refractivity contribution in [2.45, 2.75) is 33.9 Å². The van der Waals surface area contributed by atoms with Crippen LogP contribution in [0.5, 0.6) is 11.6 Å². The first kappa shape index (κ1) is 17.3. The lowest BCUT2D eigenvalue weighted by Crippen LogP contribution is -2.26. The summed E-state index contributed by atoms with van der Waals surface area (Å²) < 4.78 is 11.0. The number of fused-ring (bicyclic) bond motifs is 1. The molecule has 7 nitrogen and oxygen atoms in total. The number of benzene rings is 1. The number of nitrogens with zero attached hydrogens (tertiary/aromatic N) is 3. The van der Waals surface area contributed by atoms with Gasteiger partial charge in [-0.15, -0.1) is 0 Å². The molecule has 1 aliphatic rings. The van der Waals surface area contributed by atoms with Gasteiger partial charge in [0.05, 0.1) is 31.0 Å². The SMILES string of the molecule is CCOC(=O)N1Cc2nc(N)nc(Oc3cc(C)c(Cl)c(C)c3)c2C1. The summed E-state index contributed by atoms with van der Waals surface area (Å²) in [6.45, 7) is 6.52. The van der Waals surface area contributed by atoms with Crippen LogP contribution < -0.4 is 10.5 Å². The standard InChI is InChI=1S/C17H19ClN4O3/c1-4-24-17(23)22-7-12-13(8-22)20-16(19)21-15(12)25-11-5-9(2)14(18)10(3)6-11/h5-6H,4,7-8H2,1-3H3,(H2,19,20,21). The van der Waals surface area contributed by atoms with Crippen LogP contribution in [-0.2, 0) is 17.8 Å². The molecule has 0 aliphatic carbocycles. The van der Waals surface area contributed by atoms with E-state index in [1.807, 2.05) is 26.0 Å². The zero-order valence-electron chi connectivity index (χ0n) is 14.3. The molecular formula is C17H19ClN4O3. The first-order valence-corrected chi connectivity index (χ1v) is 8.28. The molecule has 0 atom stereocenters. The van der Waals surface area contributed by atoms with E-state index < -0.39 is 6.09 Å². The highest BCUT2D eigenvalue weighted by atomic mass is 35.5. The smallest absolute Gasteiger partial charge is 0.410 e. The van der Waals surface area contributed by atoms with Crippen molar-refractivity contribution in [3.8, 4) is 11.6 Å². The normalized spacial score (nSPS) is 12.9. The van der Waals surface area contributed by atoms with Crippen LogP contribution in [-0.4, -0.2) is 27.6 Å². The number of nitrogen functional groups attached to an aromatic ring is 1. The second-order valence-electron chi connectivity index (χ2n) is 5.84. The van der Waals surface area contributed by atoms with Gasteiger partial charge in [0.25, 0.3) is 0 Å². The van der Waals surface area contributed by atoms with Crippen LogP contribution in [0.1, 0.15) is 29.3 Å². The Morgan fingerprint density at radius 2 is 1.96 bits per heavy atom. The van der Waals surface area contributed by atoms with Crippen LogP contribution >= 0.6 is 11.6 Å². The number of nitrogens with two attached hydrogens (primary N) is 1. The van der Waals surface area contributed by atoms with E-state index >= 15 is 0 Å². The molecule has 1 aliphatic heterocycles. The van der Waals surface area contributed by atoms with E-state index in [-0.39, 0.29) is 5.95 Å². The molecule has 2 heterocycles. The fourth-order valence-corrected chi connectivity index (χ4v) is 2.86. The van der Waals surface area contributed by atoms with Gasteiger partial charge in [-0.1, -0.05) is 11.6 Å². The van der Waals surface area contributed by atoms with Crippen molar-refractivity contribution in [2.75, 3.05) is 12.3 Å². The van der Waals surface area contributed by atoms with Gasteiger partial charge in [0.1, 0.15) is 5.75 Å².